The maximum atomic E-state index is 11.9. The van der Waals surface area contributed by atoms with Crippen LogP contribution in [0.3, 0.4) is 0 Å². The van der Waals surface area contributed by atoms with Crippen LogP contribution in [0.1, 0.15) is 36.5 Å². The Kier molecular flexibility index (Phi) is 5.85. The molecule has 1 unspecified atom stereocenters. The van der Waals surface area contributed by atoms with Crippen LogP contribution in [0.5, 0.6) is 0 Å². The van der Waals surface area contributed by atoms with Gasteiger partial charge < -0.3 is 10.4 Å². The number of carbonyl (C=O) groups excluding carboxylic acids is 1. The van der Waals surface area contributed by atoms with Gasteiger partial charge in [-0.3, -0.25) is 9.59 Å². The normalized spacial score (nSPS) is 11.9. The largest absolute Gasteiger partial charge is 0.481 e. The summed E-state index contributed by atoms with van der Waals surface area (Å²) < 4.78 is 0.898. The topological polar surface area (TPSA) is 66.4 Å². The number of hydrogen-bond donors (Lipinski definition) is 2. The third-order valence-electron chi connectivity index (χ3n) is 2.50. The Morgan fingerprint density at radius 1 is 1.33 bits per heavy atom. The van der Waals surface area contributed by atoms with Gasteiger partial charge in [-0.1, -0.05) is 29.3 Å². The summed E-state index contributed by atoms with van der Waals surface area (Å²) >= 11 is 3.29. The van der Waals surface area contributed by atoms with E-state index < -0.39 is 5.97 Å². The zero-order valence-corrected chi connectivity index (χ0v) is 11.7. The highest BCUT2D eigenvalue weighted by Gasteiger charge is 2.15. The number of benzene rings is 1. The fourth-order valence-corrected chi connectivity index (χ4v) is 1.92. The second-order valence-electron chi connectivity index (χ2n) is 4.06. The van der Waals surface area contributed by atoms with E-state index in [9.17, 15) is 9.59 Å². The quantitative estimate of drug-likeness (QED) is 0.848. The first-order valence-electron chi connectivity index (χ1n) is 5.81. The number of amides is 1. The molecular weight excluding hydrogens is 298 g/mol. The van der Waals surface area contributed by atoms with Gasteiger partial charge in [0.1, 0.15) is 0 Å². The molecule has 0 radical (unpaired) electrons. The molecule has 1 rings (SSSR count). The van der Waals surface area contributed by atoms with Crippen LogP contribution in [-0.4, -0.2) is 23.0 Å². The van der Waals surface area contributed by atoms with Gasteiger partial charge in [0.05, 0.1) is 6.42 Å². The predicted molar refractivity (Wildman–Crippen MR) is 72.6 cm³/mol. The molecule has 0 aromatic heterocycles. The molecular formula is C13H16BrNO3. The number of rotatable bonds is 6. The molecule has 0 spiro atoms. The number of carboxylic acid groups (broad SMARTS) is 1. The van der Waals surface area contributed by atoms with Gasteiger partial charge >= 0.3 is 5.97 Å². The van der Waals surface area contributed by atoms with Crippen molar-refractivity contribution in [1.82, 2.24) is 5.32 Å². The average molecular weight is 314 g/mol. The number of hydrogen-bond acceptors (Lipinski definition) is 2. The van der Waals surface area contributed by atoms with Crippen molar-refractivity contribution in [2.24, 2.45) is 0 Å². The Bertz CT molecular complexity index is 417. The first-order chi connectivity index (χ1) is 8.52. The highest BCUT2D eigenvalue weighted by atomic mass is 79.9. The molecule has 0 aliphatic heterocycles. The van der Waals surface area contributed by atoms with E-state index in [-0.39, 0.29) is 18.4 Å². The second-order valence-corrected chi connectivity index (χ2v) is 4.98. The summed E-state index contributed by atoms with van der Waals surface area (Å²) in [4.78, 5) is 22.6. The van der Waals surface area contributed by atoms with Crippen molar-refractivity contribution in [3.63, 3.8) is 0 Å². The standard InChI is InChI=1S/C13H16BrNO3/c1-2-3-11(8-12(16)17)15-13(18)9-4-6-10(14)7-5-9/h4-7,11H,2-3,8H2,1H3,(H,15,18)(H,16,17). The number of nitrogens with one attached hydrogen (secondary N) is 1. The van der Waals surface area contributed by atoms with Crippen LogP contribution < -0.4 is 5.32 Å². The number of halogens is 1. The lowest BCUT2D eigenvalue weighted by Crippen LogP contribution is -2.36. The van der Waals surface area contributed by atoms with Crippen molar-refractivity contribution in [2.45, 2.75) is 32.2 Å². The molecule has 0 bridgehead atoms. The highest BCUT2D eigenvalue weighted by Crippen LogP contribution is 2.11. The molecule has 2 N–H and O–H groups in total. The van der Waals surface area contributed by atoms with Crippen molar-refractivity contribution in [3.05, 3.63) is 34.3 Å². The summed E-state index contributed by atoms with van der Waals surface area (Å²) in [6.45, 7) is 1.96. The minimum atomic E-state index is -0.899. The summed E-state index contributed by atoms with van der Waals surface area (Å²) in [7, 11) is 0. The molecule has 0 saturated heterocycles. The molecule has 5 heteroatoms. The third-order valence-corrected chi connectivity index (χ3v) is 3.03. The Hall–Kier alpha value is -1.36. The molecule has 0 aliphatic carbocycles. The Balaban J connectivity index is 2.65. The zero-order chi connectivity index (χ0) is 13.5. The average Bonchev–Trinajstić information content (AvgIpc) is 2.29. The summed E-state index contributed by atoms with van der Waals surface area (Å²) in [5.74, 6) is -1.13. The van der Waals surface area contributed by atoms with Gasteiger partial charge in [0, 0.05) is 16.1 Å². The Morgan fingerprint density at radius 3 is 2.44 bits per heavy atom. The van der Waals surface area contributed by atoms with Gasteiger partial charge in [0.25, 0.3) is 5.91 Å². The van der Waals surface area contributed by atoms with E-state index in [0.29, 0.717) is 12.0 Å². The van der Waals surface area contributed by atoms with Gasteiger partial charge in [-0.05, 0) is 30.7 Å². The van der Waals surface area contributed by atoms with E-state index in [2.05, 4.69) is 21.2 Å². The number of carboxylic acids is 1. The molecule has 1 aromatic rings. The lowest BCUT2D eigenvalue weighted by Gasteiger charge is -2.16. The van der Waals surface area contributed by atoms with Crippen LogP contribution >= 0.6 is 15.9 Å². The summed E-state index contributed by atoms with van der Waals surface area (Å²) in [5, 5.41) is 11.5. The van der Waals surface area contributed by atoms with Crippen LogP contribution in [0.15, 0.2) is 28.7 Å². The van der Waals surface area contributed by atoms with Crippen molar-refractivity contribution in [2.75, 3.05) is 0 Å². The van der Waals surface area contributed by atoms with Crippen molar-refractivity contribution in [3.8, 4) is 0 Å². The van der Waals surface area contributed by atoms with E-state index >= 15 is 0 Å². The predicted octanol–water partition coefficient (Wildman–Crippen LogP) is 2.82. The lowest BCUT2D eigenvalue weighted by molar-refractivity contribution is -0.137. The second kappa shape index (κ2) is 7.16. The van der Waals surface area contributed by atoms with E-state index in [1.807, 2.05) is 6.92 Å². The van der Waals surface area contributed by atoms with E-state index in [4.69, 9.17) is 5.11 Å². The van der Waals surface area contributed by atoms with Crippen LogP contribution in [0.4, 0.5) is 0 Å². The molecule has 0 aliphatic rings. The summed E-state index contributed by atoms with van der Waals surface area (Å²) in [6.07, 6.45) is 1.45. The van der Waals surface area contributed by atoms with Crippen LogP contribution in [-0.2, 0) is 4.79 Å². The first kappa shape index (κ1) is 14.7. The number of aliphatic carboxylic acids is 1. The lowest BCUT2D eigenvalue weighted by atomic mass is 10.1. The molecule has 1 amide bonds. The van der Waals surface area contributed by atoms with Crippen molar-refractivity contribution in [1.29, 1.82) is 0 Å². The fraction of sp³-hybridized carbons (Fsp3) is 0.385. The van der Waals surface area contributed by atoms with E-state index in [1.165, 1.54) is 0 Å². The monoisotopic (exact) mass is 313 g/mol. The van der Waals surface area contributed by atoms with Gasteiger partial charge in [0.15, 0.2) is 0 Å². The summed E-state index contributed by atoms with van der Waals surface area (Å²) in [5.41, 5.74) is 0.532. The Morgan fingerprint density at radius 2 is 1.94 bits per heavy atom. The van der Waals surface area contributed by atoms with E-state index in [0.717, 1.165) is 10.9 Å². The third kappa shape index (κ3) is 4.87. The molecule has 0 fully saturated rings. The molecule has 0 heterocycles. The SMILES string of the molecule is CCCC(CC(=O)O)NC(=O)c1ccc(Br)cc1. The van der Waals surface area contributed by atoms with Crippen LogP contribution in [0.25, 0.3) is 0 Å². The smallest absolute Gasteiger partial charge is 0.305 e. The molecule has 4 nitrogen and oxygen atoms in total. The van der Waals surface area contributed by atoms with Crippen LogP contribution in [0.2, 0.25) is 0 Å². The molecule has 18 heavy (non-hydrogen) atoms. The fourth-order valence-electron chi connectivity index (χ4n) is 1.65. The minimum absolute atomic E-state index is 0.0455. The van der Waals surface area contributed by atoms with Gasteiger partial charge in [-0.2, -0.15) is 0 Å². The minimum Gasteiger partial charge on any atom is -0.481 e. The maximum Gasteiger partial charge on any atom is 0.305 e. The van der Waals surface area contributed by atoms with Crippen molar-refractivity contribution >= 4 is 27.8 Å². The van der Waals surface area contributed by atoms with Gasteiger partial charge in [-0.25, -0.2) is 0 Å². The van der Waals surface area contributed by atoms with E-state index in [1.54, 1.807) is 24.3 Å². The first-order valence-corrected chi connectivity index (χ1v) is 6.60. The summed E-state index contributed by atoms with van der Waals surface area (Å²) in [6, 6.07) is 6.64. The van der Waals surface area contributed by atoms with Gasteiger partial charge in [-0.15, -0.1) is 0 Å². The van der Waals surface area contributed by atoms with Gasteiger partial charge in [0.2, 0.25) is 0 Å². The molecule has 98 valence electrons. The van der Waals surface area contributed by atoms with Crippen molar-refractivity contribution < 1.29 is 14.7 Å². The molecule has 0 saturated carbocycles. The Labute approximate surface area is 115 Å². The van der Waals surface area contributed by atoms with Crippen LogP contribution in [0, 0.1) is 0 Å². The molecule has 1 atom stereocenters. The molecule has 1 aromatic carbocycles. The number of carbonyl (C=O) groups is 2. The zero-order valence-electron chi connectivity index (χ0n) is 10.1. The highest BCUT2D eigenvalue weighted by molar-refractivity contribution is 9.10. The maximum absolute atomic E-state index is 11.9.